The zero-order valence-corrected chi connectivity index (χ0v) is 13.5. The van der Waals surface area contributed by atoms with Crippen LogP contribution in [0, 0.1) is 11.3 Å². The molecule has 3 aromatic rings. The average molecular weight is 336 g/mol. The highest BCUT2D eigenvalue weighted by Crippen LogP contribution is 2.20. The second kappa shape index (κ2) is 7.44. The Balaban J connectivity index is 1.73. The van der Waals surface area contributed by atoms with Crippen molar-refractivity contribution in [2.45, 2.75) is 6.54 Å². The predicted molar refractivity (Wildman–Crippen MR) is 95.3 cm³/mol. The lowest BCUT2D eigenvalue weighted by atomic mass is 10.2. The first-order valence-electron chi connectivity index (χ1n) is 7.33. The summed E-state index contributed by atoms with van der Waals surface area (Å²) in [5.41, 5.74) is 2.23. The van der Waals surface area contributed by atoms with Crippen molar-refractivity contribution in [2.75, 3.05) is 10.6 Å². The molecule has 5 nitrogen and oxygen atoms in total. The highest BCUT2D eigenvalue weighted by molar-refractivity contribution is 6.31. The zero-order chi connectivity index (χ0) is 16.8. The summed E-state index contributed by atoms with van der Waals surface area (Å²) >= 11 is 6.14. The summed E-state index contributed by atoms with van der Waals surface area (Å²) in [4.78, 5) is 8.60. The maximum absolute atomic E-state index is 9.14. The summed E-state index contributed by atoms with van der Waals surface area (Å²) < 4.78 is 0. The summed E-state index contributed by atoms with van der Waals surface area (Å²) in [5, 5.41) is 16.1. The molecule has 2 N–H and O–H groups in total. The Labute approximate surface area is 145 Å². The molecule has 0 spiro atoms. The van der Waals surface area contributed by atoms with E-state index in [1.807, 2.05) is 42.5 Å². The molecule has 2 aromatic carbocycles. The van der Waals surface area contributed by atoms with E-state index in [0.29, 0.717) is 34.6 Å². The van der Waals surface area contributed by atoms with Crippen molar-refractivity contribution in [3.05, 3.63) is 76.9 Å². The van der Waals surface area contributed by atoms with E-state index in [0.717, 1.165) is 5.56 Å². The van der Waals surface area contributed by atoms with E-state index in [9.17, 15) is 0 Å². The van der Waals surface area contributed by atoms with Gasteiger partial charge in [-0.2, -0.15) is 10.2 Å². The summed E-state index contributed by atoms with van der Waals surface area (Å²) in [6.45, 7) is 0.526. The Morgan fingerprint density at radius 2 is 1.83 bits per heavy atom. The highest BCUT2D eigenvalue weighted by atomic mass is 35.5. The van der Waals surface area contributed by atoms with Gasteiger partial charge in [-0.25, -0.2) is 4.98 Å². The molecule has 0 fully saturated rings. The van der Waals surface area contributed by atoms with Crippen LogP contribution in [0.5, 0.6) is 0 Å². The molecular weight excluding hydrogens is 322 g/mol. The lowest BCUT2D eigenvalue weighted by molar-refractivity contribution is 1.06. The molecule has 0 bridgehead atoms. The maximum Gasteiger partial charge on any atom is 0.224 e. The van der Waals surface area contributed by atoms with Crippen LogP contribution in [0.15, 0.2) is 60.8 Å². The Hall–Kier alpha value is -3.10. The molecule has 0 saturated heterocycles. The van der Waals surface area contributed by atoms with Crippen molar-refractivity contribution >= 4 is 29.1 Å². The van der Waals surface area contributed by atoms with Crippen molar-refractivity contribution in [1.82, 2.24) is 9.97 Å². The van der Waals surface area contributed by atoms with Gasteiger partial charge in [-0.3, -0.25) is 0 Å². The van der Waals surface area contributed by atoms with Crippen molar-refractivity contribution in [1.29, 1.82) is 5.26 Å². The summed E-state index contributed by atoms with van der Waals surface area (Å²) in [5.74, 6) is 1.09. The van der Waals surface area contributed by atoms with Gasteiger partial charge >= 0.3 is 0 Å². The lowest BCUT2D eigenvalue weighted by Gasteiger charge is -2.10. The van der Waals surface area contributed by atoms with Gasteiger partial charge < -0.3 is 10.6 Å². The van der Waals surface area contributed by atoms with Crippen LogP contribution in [0.2, 0.25) is 5.02 Å². The van der Waals surface area contributed by atoms with Gasteiger partial charge in [0.05, 0.1) is 11.3 Å². The number of nitriles is 1. The molecule has 0 aliphatic heterocycles. The van der Waals surface area contributed by atoms with Crippen LogP contribution < -0.4 is 10.6 Å². The van der Waals surface area contributed by atoms with Crippen LogP contribution in [0.25, 0.3) is 0 Å². The SMILES string of the molecule is N#Cc1ccccc1Nc1ccnc(NCc2ccccc2Cl)n1. The first kappa shape index (κ1) is 15.8. The molecule has 0 aliphatic rings. The van der Waals surface area contributed by atoms with Crippen LogP contribution >= 0.6 is 11.6 Å². The smallest absolute Gasteiger partial charge is 0.224 e. The number of hydrogen-bond acceptors (Lipinski definition) is 5. The molecule has 3 rings (SSSR count). The minimum Gasteiger partial charge on any atom is -0.350 e. The van der Waals surface area contributed by atoms with Crippen LogP contribution in [-0.4, -0.2) is 9.97 Å². The van der Waals surface area contributed by atoms with Gasteiger partial charge in [0.2, 0.25) is 5.95 Å². The van der Waals surface area contributed by atoms with Gasteiger partial charge in [0.25, 0.3) is 0 Å². The largest absolute Gasteiger partial charge is 0.350 e. The number of hydrogen-bond donors (Lipinski definition) is 2. The monoisotopic (exact) mass is 335 g/mol. The van der Waals surface area contributed by atoms with E-state index in [4.69, 9.17) is 16.9 Å². The first-order valence-corrected chi connectivity index (χ1v) is 7.70. The maximum atomic E-state index is 9.14. The van der Waals surface area contributed by atoms with E-state index < -0.39 is 0 Å². The molecule has 0 saturated carbocycles. The van der Waals surface area contributed by atoms with Gasteiger partial charge in [-0.05, 0) is 29.8 Å². The lowest BCUT2D eigenvalue weighted by Crippen LogP contribution is -2.05. The normalized spacial score (nSPS) is 10.0. The van der Waals surface area contributed by atoms with Crippen molar-refractivity contribution in [3.8, 4) is 6.07 Å². The fourth-order valence-electron chi connectivity index (χ4n) is 2.16. The molecular formula is C18H14ClN5. The highest BCUT2D eigenvalue weighted by Gasteiger charge is 2.04. The Bertz CT molecular complexity index is 888. The minimum atomic E-state index is 0.481. The third-order valence-electron chi connectivity index (χ3n) is 3.36. The third kappa shape index (κ3) is 3.80. The Kier molecular flexibility index (Phi) is 4.90. The predicted octanol–water partition coefficient (Wildman–Crippen LogP) is 4.36. The fourth-order valence-corrected chi connectivity index (χ4v) is 2.36. The molecule has 24 heavy (non-hydrogen) atoms. The molecule has 0 unspecified atom stereocenters. The number of aromatic nitrogens is 2. The molecule has 0 atom stereocenters. The van der Waals surface area contributed by atoms with Crippen molar-refractivity contribution in [2.24, 2.45) is 0 Å². The van der Waals surface area contributed by atoms with Crippen LogP contribution in [0.1, 0.15) is 11.1 Å². The topological polar surface area (TPSA) is 73.6 Å². The van der Waals surface area contributed by atoms with E-state index >= 15 is 0 Å². The van der Waals surface area contributed by atoms with Crippen LogP contribution in [0.4, 0.5) is 17.5 Å². The zero-order valence-electron chi connectivity index (χ0n) is 12.7. The van der Waals surface area contributed by atoms with Crippen molar-refractivity contribution < 1.29 is 0 Å². The van der Waals surface area contributed by atoms with Crippen LogP contribution in [-0.2, 0) is 6.54 Å². The average Bonchev–Trinajstić information content (AvgIpc) is 2.62. The van der Waals surface area contributed by atoms with Gasteiger partial charge in [0.1, 0.15) is 11.9 Å². The molecule has 1 heterocycles. The molecule has 0 aliphatic carbocycles. The number of anilines is 3. The number of para-hydroxylation sites is 1. The standard InChI is InChI=1S/C18H14ClN5/c19-15-7-3-1-6-14(15)12-22-18-21-10-9-17(24-18)23-16-8-4-2-5-13(16)11-20/h1-10H,12H2,(H2,21,22,23,24). The van der Waals surface area contributed by atoms with Gasteiger partial charge in [0, 0.05) is 17.8 Å². The molecule has 6 heteroatoms. The molecule has 0 amide bonds. The number of nitrogens with zero attached hydrogens (tertiary/aromatic N) is 3. The number of rotatable bonds is 5. The number of benzene rings is 2. The summed E-state index contributed by atoms with van der Waals surface area (Å²) in [6, 6.07) is 18.8. The fraction of sp³-hybridized carbons (Fsp3) is 0.0556. The molecule has 0 radical (unpaired) electrons. The molecule has 118 valence electrons. The van der Waals surface area contributed by atoms with Crippen molar-refractivity contribution in [3.63, 3.8) is 0 Å². The number of halogens is 1. The van der Waals surface area contributed by atoms with Gasteiger partial charge in [-0.1, -0.05) is 41.9 Å². The van der Waals surface area contributed by atoms with E-state index in [1.165, 1.54) is 0 Å². The quantitative estimate of drug-likeness (QED) is 0.724. The van der Waals surface area contributed by atoms with E-state index in [1.54, 1.807) is 18.3 Å². The Morgan fingerprint density at radius 3 is 2.67 bits per heavy atom. The van der Waals surface area contributed by atoms with Crippen LogP contribution in [0.3, 0.4) is 0 Å². The summed E-state index contributed by atoms with van der Waals surface area (Å²) in [7, 11) is 0. The second-order valence-corrected chi connectivity index (χ2v) is 5.40. The minimum absolute atomic E-state index is 0.481. The second-order valence-electron chi connectivity index (χ2n) is 4.99. The Morgan fingerprint density at radius 1 is 1.04 bits per heavy atom. The van der Waals surface area contributed by atoms with E-state index in [2.05, 4.69) is 26.7 Å². The summed E-state index contributed by atoms with van der Waals surface area (Å²) in [6.07, 6.45) is 1.65. The third-order valence-corrected chi connectivity index (χ3v) is 3.73. The van der Waals surface area contributed by atoms with Gasteiger partial charge in [-0.15, -0.1) is 0 Å². The van der Waals surface area contributed by atoms with E-state index in [-0.39, 0.29) is 0 Å². The van der Waals surface area contributed by atoms with Gasteiger partial charge in [0.15, 0.2) is 0 Å². The number of nitrogens with one attached hydrogen (secondary N) is 2. The molecule has 1 aromatic heterocycles. The first-order chi connectivity index (χ1) is 11.8.